The maximum Gasteiger partial charge on any atom is 0.191 e. The number of thiazole rings is 1. The SMILES string of the molecule is CCNC(=NCC(c1cccs1)N1CCOCC1)NCCc1sc(C)nc1C.I. The van der Waals surface area contributed by atoms with Crippen LogP contribution in [0.5, 0.6) is 0 Å². The number of thiophene rings is 1. The van der Waals surface area contributed by atoms with Crippen LogP contribution in [0, 0.1) is 13.8 Å². The first-order chi connectivity index (χ1) is 13.7. The molecular weight excluding hydrogens is 517 g/mol. The predicted molar refractivity (Wildman–Crippen MR) is 134 cm³/mol. The quantitative estimate of drug-likeness (QED) is 0.300. The molecule has 9 heteroatoms. The van der Waals surface area contributed by atoms with E-state index in [0.29, 0.717) is 6.04 Å². The molecule has 1 fully saturated rings. The number of guanidine groups is 1. The Kier molecular flexibility index (Phi) is 10.9. The third kappa shape index (κ3) is 7.46. The van der Waals surface area contributed by atoms with Crippen molar-refractivity contribution in [3.8, 4) is 0 Å². The van der Waals surface area contributed by atoms with Gasteiger partial charge in [-0.2, -0.15) is 0 Å². The normalized spacial score (nSPS) is 16.3. The molecule has 0 aliphatic carbocycles. The van der Waals surface area contributed by atoms with Crippen molar-refractivity contribution in [3.05, 3.63) is 38.0 Å². The molecule has 2 N–H and O–H groups in total. The van der Waals surface area contributed by atoms with E-state index in [9.17, 15) is 0 Å². The highest BCUT2D eigenvalue weighted by atomic mass is 127. The molecule has 1 aliphatic rings. The van der Waals surface area contributed by atoms with Gasteiger partial charge in [0.15, 0.2) is 5.96 Å². The molecule has 0 radical (unpaired) electrons. The van der Waals surface area contributed by atoms with E-state index in [1.165, 1.54) is 9.75 Å². The summed E-state index contributed by atoms with van der Waals surface area (Å²) in [6.07, 6.45) is 0.972. The third-order valence-corrected chi connectivity index (χ3v) is 6.87. The Hall–Kier alpha value is -0.750. The van der Waals surface area contributed by atoms with Gasteiger partial charge >= 0.3 is 0 Å². The second kappa shape index (κ2) is 12.8. The van der Waals surface area contributed by atoms with Crippen LogP contribution < -0.4 is 10.6 Å². The van der Waals surface area contributed by atoms with Crippen molar-refractivity contribution in [2.24, 2.45) is 4.99 Å². The molecule has 0 spiro atoms. The van der Waals surface area contributed by atoms with Gasteiger partial charge < -0.3 is 15.4 Å². The summed E-state index contributed by atoms with van der Waals surface area (Å²) < 4.78 is 5.53. The van der Waals surface area contributed by atoms with Gasteiger partial charge in [-0.3, -0.25) is 9.89 Å². The van der Waals surface area contributed by atoms with Crippen molar-refractivity contribution in [3.63, 3.8) is 0 Å². The van der Waals surface area contributed by atoms with Gasteiger partial charge in [0.25, 0.3) is 0 Å². The molecule has 0 bridgehead atoms. The molecule has 1 atom stereocenters. The van der Waals surface area contributed by atoms with Gasteiger partial charge in [0.1, 0.15) is 0 Å². The number of nitrogens with zero attached hydrogens (tertiary/aromatic N) is 3. The van der Waals surface area contributed by atoms with E-state index in [4.69, 9.17) is 9.73 Å². The zero-order valence-corrected chi connectivity index (χ0v) is 21.4. The Morgan fingerprint density at radius 1 is 1.31 bits per heavy atom. The number of rotatable bonds is 8. The van der Waals surface area contributed by atoms with Crippen LogP contribution in [-0.4, -0.2) is 61.8 Å². The highest BCUT2D eigenvalue weighted by molar-refractivity contribution is 14.0. The van der Waals surface area contributed by atoms with E-state index in [-0.39, 0.29) is 24.0 Å². The summed E-state index contributed by atoms with van der Waals surface area (Å²) in [7, 11) is 0. The summed E-state index contributed by atoms with van der Waals surface area (Å²) in [5.41, 5.74) is 1.15. The van der Waals surface area contributed by atoms with Gasteiger partial charge in [-0.25, -0.2) is 4.98 Å². The Morgan fingerprint density at radius 3 is 2.72 bits per heavy atom. The molecule has 162 valence electrons. The van der Waals surface area contributed by atoms with Crippen molar-refractivity contribution in [2.45, 2.75) is 33.2 Å². The number of aliphatic imine (C=N–C) groups is 1. The zero-order valence-electron chi connectivity index (χ0n) is 17.4. The monoisotopic (exact) mass is 549 g/mol. The van der Waals surface area contributed by atoms with E-state index >= 15 is 0 Å². The Morgan fingerprint density at radius 2 is 2.10 bits per heavy atom. The first kappa shape index (κ1) is 24.5. The van der Waals surface area contributed by atoms with Crippen molar-refractivity contribution >= 4 is 52.6 Å². The van der Waals surface area contributed by atoms with Gasteiger partial charge in [0.05, 0.1) is 36.5 Å². The van der Waals surface area contributed by atoms with E-state index in [1.54, 1.807) is 11.3 Å². The van der Waals surface area contributed by atoms with E-state index in [0.717, 1.165) is 69.0 Å². The molecule has 6 nitrogen and oxygen atoms in total. The van der Waals surface area contributed by atoms with Gasteiger partial charge in [-0.1, -0.05) is 6.07 Å². The first-order valence-corrected chi connectivity index (χ1v) is 11.7. The fourth-order valence-corrected chi connectivity index (χ4v) is 5.16. The van der Waals surface area contributed by atoms with Crippen LogP contribution in [0.15, 0.2) is 22.5 Å². The van der Waals surface area contributed by atoms with Crippen LogP contribution >= 0.6 is 46.7 Å². The minimum atomic E-state index is 0. The molecular formula is C20H32IN5OS2. The lowest BCUT2D eigenvalue weighted by molar-refractivity contribution is 0.0186. The highest BCUT2D eigenvalue weighted by Gasteiger charge is 2.23. The smallest absolute Gasteiger partial charge is 0.191 e. The van der Waals surface area contributed by atoms with E-state index < -0.39 is 0 Å². The summed E-state index contributed by atoms with van der Waals surface area (Å²) in [5.74, 6) is 0.885. The molecule has 0 saturated carbocycles. The number of morpholine rings is 1. The Bertz CT molecular complexity index is 744. The number of aromatic nitrogens is 1. The lowest BCUT2D eigenvalue weighted by atomic mass is 10.2. The molecule has 3 rings (SSSR count). The molecule has 2 aromatic rings. The average Bonchev–Trinajstić information content (AvgIpc) is 3.33. The first-order valence-electron chi connectivity index (χ1n) is 9.97. The maximum atomic E-state index is 5.53. The van der Waals surface area contributed by atoms with Gasteiger partial charge in [-0.05, 0) is 32.2 Å². The number of halogens is 1. The molecule has 3 heterocycles. The van der Waals surface area contributed by atoms with Crippen molar-refractivity contribution in [2.75, 3.05) is 45.9 Å². The van der Waals surface area contributed by atoms with E-state index in [2.05, 4.69) is 58.8 Å². The summed E-state index contributed by atoms with van der Waals surface area (Å²) >= 11 is 3.60. The average molecular weight is 550 g/mol. The number of ether oxygens (including phenoxy) is 1. The molecule has 0 amide bonds. The highest BCUT2D eigenvalue weighted by Crippen LogP contribution is 2.26. The second-order valence-corrected chi connectivity index (χ2v) is 9.08. The van der Waals surface area contributed by atoms with Crippen molar-refractivity contribution < 1.29 is 4.74 Å². The van der Waals surface area contributed by atoms with Crippen LogP contribution in [0.1, 0.15) is 33.4 Å². The number of nitrogens with one attached hydrogen (secondary N) is 2. The van der Waals surface area contributed by atoms with Gasteiger partial charge in [0.2, 0.25) is 0 Å². The summed E-state index contributed by atoms with van der Waals surface area (Å²) in [4.78, 5) is 14.6. The predicted octanol–water partition coefficient (Wildman–Crippen LogP) is 3.61. The summed E-state index contributed by atoms with van der Waals surface area (Å²) in [6.45, 7) is 12.2. The van der Waals surface area contributed by atoms with Crippen LogP contribution in [0.25, 0.3) is 0 Å². The van der Waals surface area contributed by atoms with E-state index in [1.807, 2.05) is 11.3 Å². The Labute approximate surface area is 199 Å². The fraction of sp³-hybridized carbons (Fsp3) is 0.600. The lowest BCUT2D eigenvalue weighted by Gasteiger charge is -2.33. The summed E-state index contributed by atoms with van der Waals surface area (Å²) in [6, 6.07) is 4.65. The lowest BCUT2D eigenvalue weighted by Crippen LogP contribution is -2.42. The number of hydrogen-bond acceptors (Lipinski definition) is 6. The third-order valence-electron chi connectivity index (χ3n) is 4.77. The second-order valence-electron chi connectivity index (χ2n) is 6.82. The van der Waals surface area contributed by atoms with Gasteiger partial charge in [-0.15, -0.1) is 46.7 Å². The minimum Gasteiger partial charge on any atom is -0.379 e. The standard InChI is InChI=1S/C20H31N5OS2.HI/c1-4-21-20(22-8-7-18-15(2)24-16(3)28-18)23-14-17(19-6-5-13-27-19)25-9-11-26-12-10-25;/h5-6,13,17H,4,7-12,14H2,1-3H3,(H2,21,22,23);1H. The van der Waals surface area contributed by atoms with Crippen molar-refractivity contribution in [1.29, 1.82) is 0 Å². The fourth-order valence-electron chi connectivity index (χ4n) is 3.37. The molecule has 1 aliphatic heterocycles. The van der Waals surface area contributed by atoms with Crippen molar-refractivity contribution in [1.82, 2.24) is 20.5 Å². The topological polar surface area (TPSA) is 61.8 Å². The molecule has 1 unspecified atom stereocenters. The number of aryl methyl sites for hydroxylation is 2. The molecule has 1 saturated heterocycles. The summed E-state index contributed by atoms with van der Waals surface area (Å²) in [5, 5.41) is 10.2. The minimum absolute atomic E-state index is 0. The molecule has 0 aromatic carbocycles. The van der Waals surface area contributed by atoms with Crippen LogP contribution in [0.2, 0.25) is 0 Å². The number of hydrogen-bond donors (Lipinski definition) is 2. The Balaban J connectivity index is 0.00000300. The van der Waals surface area contributed by atoms with Crippen LogP contribution in [0.4, 0.5) is 0 Å². The maximum absolute atomic E-state index is 5.53. The van der Waals surface area contributed by atoms with Gasteiger partial charge in [0, 0.05) is 42.4 Å². The van der Waals surface area contributed by atoms with Crippen LogP contribution in [-0.2, 0) is 11.2 Å². The largest absolute Gasteiger partial charge is 0.379 e. The molecule has 2 aromatic heterocycles. The molecule has 29 heavy (non-hydrogen) atoms. The van der Waals surface area contributed by atoms with Crippen LogP contribution in [0.3, 0.4) is 0 Å². The zero-order chi connectivity index (χ0) is 19.8.